The molecule has 4 rings (SSSR count). The molecule has 3 aromatic rings. The van der Waals surface area contributed by atoms with E-state index in [2.05, 4.69) is 20.6 Å². The fourth-order valence-corrected chi connectivity index (χ4v) is 3.44. The zero-order valence-corrected chi connectivity index (χ0v) is 15.1. The number of piperidine rings is 1. The first kappa shape index (κ1) is 16.7. The van der Waals surface area contributed by atoms with E-state index in [-0.39, 0.29) is 5.91 Å². The Labute approximate surface area is 151 Å². The number of carbonyl (C=O) groups excluding carboxylic acids is 1. The van der Waals surface area contributed by atoms with Crippen LogP contribution in [0, 0.1) is 0 Å². The predicted molar refractivity (Wildman–Crippen MR) is 97.7 cm³/mol. The van der Waals surface area contributed by atoms with Crippen LogP contribution in [-0.2, 0) is 13.6 Å². The second-order valence-electron chi connectivity index (χ2n) is 6.80. The highest BCUT2D eigenvalue weighted by Gasteiger charge is 2.21. The molecule has 0 bridgehead atoms. The Balaban J connectivity index is 1.49. The van der Waals surface area contributed by atoms with Crippen LogP contribution in [0.15, 0.2) is 30.5 Å². The largest absolute Gasteiger partial charge is 0.333 e. The smallest absolute Gasteiger partial charge is 0.276 e. The van der Waals surface area contributed by atoms with Crippen molar-refractivity contribution in [1.82, 2.24) is 34.8 Å². The third kappa shape index (κ3) is 3.08. The molecule has 1 fully saturated rings. The van der Waals surface area contributed by atoms with E-state index >= 15 is 0 Å². The average Bonchev–Trinajstić information content (AvgIpc) is 3.28. The average molecular weight is 353 g/mol. The molecule has 0 spiro atoms. The Morgan fingerprint density at radius 2 is 2.08 bits per heavy atom. The van der Waals surface area contributed by atoms with Crippen molar-refractivity contribution in [3.05, 3.63) is 42.0 Å². The SMILES string of the molecule is CN(Cc1nc2ccccc2n1C)C(=O)c1cn(C2CCNCC2)nn1. The molecule has 0 aliphatic carbocycles. The van der Waals surface area contributed by atoms with Crippen LogP contribution in [0.3, 0.4) is 0 Å². The molecule has 0 unspecified atom stereocenters. The molecular weight excluding hydrogens is 330 g/mol. The third-order valence-corrected chi connectivity index (χ3v) is 5.02. The fraction of sp³-hybridized carbons (Fsp3) is 0.444. The topological polar surface area (TPSA) is 80.9 Å². The fourth-order valence-electron chi connectivity index (χ4n) is 3.44. The van der Waals surface area contributed by atoms with Crippen molar-refractivity contribution in [2.24, 2.45) is 7.05 Å². The van der Waals surface area contributed by atoms with E-state index in [1.165, 1.54) is 0 Å². The summed E-state index contributed by atoms with van der Waals surface area (Å²) in [5.74, 6) is 0.699. The summed E-state index contributed by atoms with van der Waals surface area (Å²) in [6.45, 7) is 2.37. The van der Waals surface area contributed by atoms with Crippen molar-refractivity contribution in [3.8, 4) is 0 Å². The Kier molecular flexibility index (Phi) is 4.42. The summed E-state index contributed by atoms with van der Waals surface area (Å²) < 4.78 is 3.85. The molecule has 0 atom stereocenters. The first-order valence-electron chi connectivity index (χ1n) is 8.92. The second kappa shape index (κ2) is 6.87. The molecule has 1 aliphatic rings. The molecular formula is C18H23N7O. The predicted octanol–water partition coefficient (Wildman–Crippen LogP) is 1.36. The van der Waals surface area contributed by atoms with Gasteiger partial charge < -0.3 is 14.8 Å². The Morgan fingerprint density at radius 3 is 2.85 bits per heavy atom. The lowest BCUT2D eigenvalue weighted by molar-refractivity contribution is 0.0774. The van der Waals surface area contributed by atoms with Crippen LogP contribution in [0.25, 0.3) is 11.0 Å². The van der Waals surface area contributed by atoms with Gasteiger partial charge in [0.25, 0.3) is 5.91 Å². The molecule has 2 aromatic heterocycles. The van der Waals surface area contributed by atoms with Crippen LogP contribution in [0.2, 0.25) is 0 Å². The van der Waals surface area contributed by atoms with Crippen molar-refractivity contribution in [2.75, 3.05) is 20.1 Å². The summed E-state index contributed by atoms with van der Waals surface area (Å²) >= 11 is 0. The van der Waals surface area contributed by atoms with Gasteiger partial charge in [-0.3, -0.25) is 4.79 Å². The van der Waals surface area contributed by atoms with Crippen LogP contribution in [-0.4, -0.2) is 55.5 Å². The van der Waals surface area contributed by atoms with Crippen molar-refractivity contribution in [2.45, 2.75) is 25.4 Å². The zero-order chi connectivity index (χ0) is 18.1. The van der Waals surface area contributed by atoms with Gasteiger partial charge in [-0.2, -0.15) is 0 Å². The number of para-hydroxylation sites is 2. The zero-order valence-electron chi connectivity index (χ0n) is 15.1. The van der Waals surface area contributed by atoms with E-state index in [1.807, 2.05) is 40.6 Å². The van der Waals surface area contributed by atoms with E-state index < -0.39 is 0 Å². The Hall–Kier alpha value is -2.74. The number of hydrogen-bond donors (Lipinski definition) is 1. The van der Waals surface area contributed by atoms with E-state index in [0.29, 0.717) is 18.3 Å². The van der Waals surface area contributed by atoms with Crippen LogP contribution in [0.4, 0.5) is 0 Å². The maximum atomic E-state index is 12.7. The van der Waals surface area contributed by atoms with Gasteiger partial charge in [0.05, 0.1) is 29.8 Å². The molecule has 1 amide bonds. The van der Waals surface area contributed by atoms with Crippen molar-refractivity contribution in [1.29, 1.82) is 0 Å². The standard InChI is InChI=1S/C18H23N7O/c1-23(12-17-20-14-5-3-4-6-16(14)24(17)2)18(26)15-11-25(22-21-15)13-7-9-19-10-8-13/h3-6,11,13,19H,7-10,12H2,1-2H3. The second-order valence-corrected chi connectivity index (χ2v) is 6.80. The summed E-state index contributed by atoms with van der Waals surface area (Å²) in [6, 6.07) is 8.27. The lowest BCUT2D eigenvalue weighted by Crippen LogP contribution is -2.29. The monoisotopic (exact) mass is 353 g/mol. The molecule has 1 aliphatic heterocycles. The van der Waals surface area contributed by atoms with Gasteiger partial charge in [0.2, 0.25) is 0 Å². The van der Waals surface area contributed by atoms with Gasteiger partial charge in [-0.25, -0.2) is 9.67 Å². The Morgan fingerprint density at radius 1 is 1.31 bits per heavy atom. The number of rotatable bonds is 4. The molecule has 8 heteroatoms. The summed E-state index contributed by atoms with van der Waals surface area (Å²) in [5.41, 5.74) is 2.37. The molecule has 0 saturated carbocycles. The van der Waals surface area contributed by atoms with Crippen molar-refractivity contribution >= 4 is 16.9 Å². The van der Waals surface area contributed by atoms with E-state index in [0.717, 1.165) is 42.8 Å². The van der Waals surface area contributed by atoms with Gasteiger partial charge in [-0.05, 0) is 38.1 Å². The summed E-state index contributed by atoms with van der Waals surface area (Å²) in [5, 5.41) is 11.6. The maximum Gasteiger partial charge on any atom is 0.276 e. The quantitative estimate of drug-likeness (QED) is 0.766. The number of benzene rings is 1. The lowest BCUT2D eigenvalue weighted by Gasteiger charge is -2.22. The highest BCUT2D eigenvalue weighted by atomic mass is 16.2. The summed E-state index contributed by atoms with van der Waals surface area (Å²) in [4.78, 5) is 19.0. The number of nitrogens with one attached hydrogen (secondary N) is 1. The highest BCUT2D eigenvalue weighted by Crippen LogP contribution is 2.18. The van der Waals surface area contributed by atoms with E-state index in [1.54, 1.807) is 18.1 Å². The molecule has 1 aromatic carbocycles. The minimum atomic E-state index is -0.141. The minimum Gasteiger partial charge on any atom is -0.333 e. The number of fused-ring (bicyclic) bond motifs is 1. The summed E-state index contributed by atoms with van der Waals surface area (Å²) in [6.07, 6.45) is 3.78. The first-order chi connectivity index (χ1) is 12.6. The third-order valence-electron chi connectivity index (χ3n) is 5.02. The normalized spacial score (nSPS) is 15.5. The molecule has 26 heavy (non-hydrogen) atoms. The molecule has 1 saturated heterocycles. The molecule has 8 nitrogen and oxygen atoms in total. The number of carbonyl (C=O) groups is 1. The first-order valence-corrected chi connectivity index (χ1v) is 8.92. The lowest BCUT2D eigenvalue weighted by atomic mass is 10.1. The van der Waals surface area contributed by atoms with Gasteiger partial charge in [0, 0.05) is 14.1 Å². The van der Waals surface area contributed by atoms with Crippen LogP contribution < -0.4 is 5.32 Å². The highest BCUT2D eigenvalue weighted by molar-refractivity contribution is 5.91. The van der Waals surface area contributed by atoms with Gasteiger partial charge >= 0.3 is 0 Å². The van der Waals surface area contributed by atoms with Crippen molar-refractivity contribution in [3.63, 3.8) is 0 Å². The number of nitrogens with zero attached hydrogens (tertiary/aromatic N) is 6. The number of aromatic nitrogens is 5. The number of aryl methyl sites for hydroxylation is 1. The van der Waals surface area contributed by atoms with Crippen LogP contribution in [0.1, 0.15) is 35.2 Å². The molecule has 1 N–H and O–H groups in total. The molecule has 0 radical (unpaired) electrons. The van der Waals surface area contributed by atoms with Crippen LogP contribution in [0.5, 0.6) is 0 Å². The Bertz CT molecular complexity index is 923. The van der Waals surface area contributed by atoms with Gasteiger partial charge in [0.1, 0.15) is 5.82 Å². The van der Waals surface area contributed by atoms with Gasteiger partial charge in [0.15, 0.2) is 5.69 Å². The van der Waals surface area contributed by atoms with Gasteiger partial charge in [-0.15, -0.1) is 5.10 Å². The molecule has 3 heterocycles. The number of imidazole rings is 1. The summed E-state index contributed by atoms with van der Waals surface area (Å²) in [7, 11) is 3.74. The molecule has 136 valence electrons. The maximum absolute atomic E-state index is 12.7. The van der Waals surface area contributed by atoms with Gasteiger partial charge in [-0.1, -0.05) is 17.3 Å². The number of hydrogen-bond acceptors (Lipinski definition) is 5. The van der Waals surface area contributed by atoms with Crippen molar-refractivity contribution < 1.29 is 4.79 Å². The van der Waals surface area contributed by atoms with Crippen LogP contribution >= 0.6 is 0 Å². The van der Waals surface area contributed by atoms with E-state index in [4.69, 9.17) is 0 Å². The number of amides is 1. The van der Waals surface area contributed by atoms with E-state index in [9.17, 15) is 4.79 Å². The minimum absolute atomic E-state index is 0.141.